The van der Waals surface area contributed by atoms with Gasteiger partial charge in [0.05, 0.1) is 24.4 Å². The molecule has 2 rings (SSSR count). The number of hydrogen-bond acceptors (Lipinski definition) is 4. The molecule has 2 aliphatic heterocycles. The number of allylic oxidation sites excluding steroid dienone is 4. The van der Waals surface area contributed by atoms with E-state index < -0.39 is 0 Å². The first-order chi connectivity index (χ1) is 10.6. The fraction of sp³-hybridized carbons (Fsp3) is 0.647. The minimum absolute atomic E-state index is 0.193. The molecule has 3 atom stereocenters. The molecule has 0 spiro atoms. The van der Waals surface area contributed by atoms with Crippen molar-refractivity contribution < 1.29 is 14.2 Å². The standard InChI is InChI=1S/C17H26BrNO3/c1-20-12-16-6-7-17(22-16,13-21-2)11-15(10-16)14(5-8-18)4-3-9-19/h3-5,8-9,15H,6-7,10-13,19H2,1-2H3/b8-5+,9-3+,14-4+/t15-,16-,17+. The number of hydrogen-bond donors (Lipinski definition) is 1. The Balaban J connectivity index is 2.28. The Morgan fingerprint density at radius 2 is 1.82 bits per heavy atom. The summed E-state index contributed by atoms with van der Waals surface area (Å²) in [4.78, 5) is 1.90. The van der Waals surface area contributed by atoms with E-state index in [0.29, 0.717) is 19.1 Å². The Morgan fingerprint density at radius 1 is 1.23 bits per heavy atom. The summed E-state index contributed by atoms with van der Waals surface area (Å²) < 4.78 is 17.4. The molecule has 0 aromatic rings. The van der Waals surface area contributed by atoms with Crippen LogP contribution in [0.15, 0.2) is 35.0 Å². The molecule has 0 amide bonds. The SMILES string of the molecule is COC[C@@]12CC[C@@](COC)(C[C@H](C(=C/C=C/N)/C=C/Br)C1)O2. The Morgan fingerprint density at radius 3 is 2.27 bits per heavy atom. The predicted molar refractivity (Wildman–Crippen MR) is 91.7 cm³/mol. The van der Waals surface area contributed by atoms with Crippen molar-refractivity contribution in [2.75, 3.05) is 27.4 Å². The first-order valence-corrected chi connectivity index (χ1v) is 8.57. The molecule has 2 aliphatic rings. The summed E-state index contributed by atoms with van der Waals surface area (Å²) in [7, 11) is 3.48. The number of fused-ring (bicyclic) bond motifs is 2. The van der Waals surface area contributed by atoms with E-state index in [1.165, 1.54) is 5.57 Å². The van der Waals surface area contributed by atoms with Crippen molar-refractivity contribution in [2.24, 2.45) is 11.7 Å². The Hall–Kier alpha value is -0.620. The summed E-state index contributed by atoms with van der Waals surface area (Å²) in [6, 6.07) is 0. The summed E-state index contributed by atoms with van der Waals surface area (Å²) in [6.45, 7) is 1.26. The van der Waals surface area contributed by atoms with Gasteiger partial charge in [-0.15, -0.1) is 0 Å². The molecule has 0 saturated carbocycles. The molecule has 2 fully saturated rings. The van der Waals surface area contributed by atoms with E-state index in [-0.39, 0.29) is 11.2 Å². The van der Waals surface area contributed by atoms with Crippen LogP contribution >= 0.6 is 15.9 Å². The van der Waals surface area contributed by atoms with Gasteiger partial charge in [-0.25, -0.2) is 0 Å². The maximum Gasteiger partial charge on any atom is 0.0930 e. The molecular formula is C17H26BrNO3. The first-order valence-electron chi connectivity index (χ1n) is 7.66. The Kier molecular flexibility index (Phi) is 6.26. The van der Waals surface area contributed by atoms with Crippen molar-refractivity contribution in [3.8, 4) is 0 Å². The second-order valence-electron chi connectivity index (χ2n) is 6.28. The highest BCUT2D eigenvalue weighted by Crippen LogP contribution is 2.52. The van der Waals surface area contributed by atoms with Crippen LogP contribution in [-0.4, -0.2) is 38.6 Å². The van der Waals surface area contributed by atoms with Gasteiger partial charge < -0.3 is 19.9 Å². The molecule has 0 unspecified atom stereocenters. The van der Waals surface area contributed by atoms with E-state index in [4.69, 9.17) is 19.9 Å². The van der Waals surface area contributed by atoms with Crippen molar-refractivity contribution in [3.63, 3.8) is 0 Å². The highest BCUT2D eigenvalue weighted by Gasteiger charge is 2.55. The molecular weight excluding hydrogens is 346 g/mol. The first kappa shape index (κ1) is 17.7. The summed E-state index contributed by atoms with van der Waals surface area (Å²) in [5.74, 6) is 0.409. The maximum atomic E-state index is 6.46. The minimum Gasteiger partial charge on any atom is -0.405 e. The van der Waals surface area contributed by atoms with Gasteiger partial charge in [-0.1, -0.05) is 28.1 Å². The van der Waals surface area contributed by atoms with Gasteiger partial charge in [-0.05, 0) is 54.4 Å². The van der Waals surface area contributed by atoms with Gasteiger partial charge >= 0.3 is 0 Å². The zero-order chi connectivity index (χ0) is 16.1. The van der Waals surface area contributed by atoms with Gasteiger partial charge in [0, 0.05) is 14.2 Å². The van der Waals surface area contributed by atoms with Gasteiger partial charge in [0.1, 0.15) is 0 Å². The van der Waals surface area contributed by atoms with Gasteiger partial charge in [0.25, 0.3) is 0 Å². The van der Waals surface area contributed by atoms with Gasteiger partial charge in [-0.2, -0.15) is 0 Å². The summed E-state index contributed by atoms with van der Waals surface area (Å²) in [6.07, 6.45) is 11.6. The minimum atomic E-state index is -0.193. The topological polar surface area (TPSA) is 53.7 Å². The summed E-state index contributed by atoms with van der Waals surface area (Å²) in [5, 5.41) is 0. The lowest BCUT2D eigenvalue weighted by molar-refractivity contribution is -0.188. The number of rotatable bonds is 7. The monoisotopic (exact) mass is 371 g/mol. The third kappa shape index (κ3) is 3.82. The quantitative estimate of drug-likeness (QED) is 0.697. The van der Waals surface area contributed by atoms with E-state index in [2.05, 4.69) is 28.1 Å². The second-order valence-corrected chi connectivity index (χ2v) is 6.81. The highest BCUT2D eigenvalue weighted by atomic mass is 79.9. The van der Waals surface area contributed by atoms with Crippen LogP contribution in [0.3, 0.4) is 0 Å². The number of ether oxygens (including phenoxy) is 3. The molecule has 0 aromatic heterocycles. The molecule has 2 bridgehead atoms. The van der Waals surface area contributed by atoms with E-state index in [1.807, 2.05) is 11.1 Å². The third-order valence-corrected chi connectivity index (χ3v) is 4.91. The Labute approximate surface area is 141 Å². The normalized spacial score (nSPS) is 35.8. The molecule has 0 radical (unpaired) electrons. The highest BCUT2D eigenvalue weighted by molar-refractivity contribution is 9.11. The summed E-state index contributed by atoms with van der Waals surface area (Å²) in [5.41, 5.74) is 6.36. The van der Waals surface area contributed by atoms with Crippen LogP contribution in [-0.2, 0) is 14.2 Å². The van der Waals surface area contributed by atoms with Crippen molar-refractivity contribution in [3.05, 3.63) is 35.0 Å². The van der Waals surface area contributed by atoms with Crippen LogP contribution in [0.1, 0.15) is 25.7 Å². The maximum absolute atomic E-state index is 6.46. The zero-order valence-electron chi connectivity index (χ0n) is 13.4. The average Bonchev–Trinajstić information content (AvgIpc) is 2.75. The molecule has 2 N–H and O–H groups in total. The van der Waals surface area contributed by atoms with Crippen molar-refractivity contribution in [1.29, 1.82) is 0 Å². The molecule has 22 heavy (non-hydrogen) atoms. The molecule has 2 heterocycles. The molecule has 4 nitrogen and oxygen atoms in total. The molecule has 2 saturated heterocycles. The van der Waals surface area contributed by atoms with Crippen molar-refractivity contribution in [1.82, 2.24) is 0 Å². The smallest absolute Gasteiger partial charge is 0.0930 e. The van der Waals surface area contributed by atoms with Crippen LogP contribution in [0.4, 0.5) is 0 Å². The number of halogens is 1. The lowest BCUT2D eigenvalue weighted by Gasteiger charge is -2.44. The summed E-state index contributed by atoms with van der Waals surface area (Å²) >= 11 is 3.39. The molecule has 0 aliphatic carbocycles. The average molecular weight is 372 g/mol. The van der Waals surface area contributed by atoms with Crippen molar-refractivity contribution in [2.45, 2.75) is 36.9 Å². The zero-order valence-corrected chi connectivity index (χ0v) is 15.0. The van der Waals surface area contributed by atoms with Crippen LogP contribution in [0.25, 0.3) is 0 Å². The van der Waals surface area contributed by atoms with E-state index in [0.717, 1.165) is 25.7 Å². The van der Waals surface area contributed by atoms with Crippen LogP contribution in [0.2, 0.25) is 0 Å². The lowest BCUT2D eigenvalue weighted by atomic mass is 9.79. The number of nitrogens with two attached hydrogens (primary N) is 1. The van der Waals surface area contributed by atoms with Crippen LogP contribution in [0.5, 0.6) is 0 Å². The Bertz CT molecular complexity index is 441. The molecule has 124 valence electrons. The van der Waals surface area contributed by atoms with Gasteiger partial charge in [-0.3, -0.25) is 0 Å². The third-order valence-electron chi connectivity index (χ3n) is 4.65. The molecule has 0 aromatic carbocycles. The second kappa shape index (κ2) is 7.77. The molecule has 5 heteroatoms. The van der Waals surface area contributed by atoms with E-state index in [1.54, 1.807) is 20.4 Å². The largest absolute Gasteiger partial charge is 0.405 e. The van der Waals surface area contributed by atoms with Crippen LogP contribution < -0.4 is 5.73 Å². The predicted octanol–water partition coefficient (Wildman–Crippen LogP) is 3.28. The number of methoxy groups -OCH3 is 2. The fourth-order valence-electron chi connectivity index (χ4n) is 3.92. The van der Waals surface area contributed by atoms with Crippen molar-refractivity contribution >= 4 is 15.9 Å². The van der Waals surface area contributed by atoms with E-state index in [9.17, 15) is 0 Å². The van der Waals surface area contributed by atoms with Gasteiger partial charge in [0.15, 0.2) is 0 Å². The lowest BCUT2D eigenvalue weighted by Crippen LogP contribution is -2.48. The fourth-order valence-corrected chi connectivity index (χ4v) is 4.23. The van der Waals surface area contributed by atoms with E-state index >= 15 is 0 Å². The van der Waals surface area contributed by atoms with Gasteiger partial charge in [0.2, 0.25) is 0 Å². The van der Waals surface area contributed by atoms with Crippen LogP contribution in [0, 0.1) is 5.92 Å².